The maximum atomic E-state index is 12.7. The first-order valence-corrected chi connectivity index (χ1v) is 7.00. The summed E-state index contributed by atoms with van der Waals surface area (Å²) in [5.74, 6) is -0.317. The third-order valence-electron chi connectivity index (χ3n) is 3.48. The number of amides is 1. The number of likely N-dealkylation sites (N-methyl/N-ethyl adjacent to an activating group) is 1. The molecule has 0 fully saturated rings. The minimum absolute atomic E-state index is 0.317. The Balaban J connectivity index is 2.53. The summed E-state index contributed by atoms with van der Waals surface area (Å²) in [7, 11) is 1.50. The fourth-order valence-corrected chi connectivity index (χ4v) is 2.23. The Labute approximate surface area is 132 Å². The van der Waals surface area contributed by atoms with E-state index in [1.165, 1.54) is 25.3 Å². The van der Waals surface area contributed by atoms with Crippen LogP contribution in [0.1, 0.15) is 22.3 Å². The number of carbonyl (C=O) groups is 1. The van der Waals surface area contributed by atoms with Crippen LogP contribution in [0.4, 0.5) is 13.2 Å². The normalized spacial score (nSPS) is 12.1. The molecule has 0 aliphatic rings. The number of halogens is 3. The number of rotatable bonds is 3. The average Bonchev–Trinajstić information content (AvgIpc) is 2.52. The van der Waals surface area contributed by atoms with Crippen LogP contribution in [0.5, 0.6) is 0 Å². The molecule has 0 heterocycles. The van der Waals surface area contributed by atoms with Gasteiger partial charge in [0.15, 0.2) is 0 Å². The van der Waals surface area contributed by atoms with Gasteiger partial charge in [-0.05, 0) is 41.3 Å². The minimum Gasteiger partial charge on any atom is -0.356 e. The van der Waals surface area contributed by atoms with E-state index >= 15 is 0 Å². The van der Waals surface area contributed by atoms with Gasteiger partial charge >= 0.3 is 6.18 Å². The van der Waals surface area contributed by atoms with Gasteiger partial charge in [-0.1, -0.05) is 36.4 Å². The van der Waals surface area contributed by atoms with E-state index in [0.29, 0.717) is 11.1 Å². The molecule has 5 heteroatoms. The molecule has 0 radical (unpaired) electrons. The zero-order valence-electron chi connectivity index (χ0n) is 12.7. The van der Waals surface area contributed by atoms with E-state index in [1.54, 1.807) is 0 Å². The quantitative estimate of drug-likeness (QED) is 0.845. The molecule has 2 nitrogen and oxygen atoms in total. The molecule has 120 valence electrons. The molecule has 0 bridgehead atoms. The first kappa shape index (κ1) is 16.8. The Kier molecular flexibility index (Phi) is 4.89. The van der Waals surface area contributed by atoms with Gasteiger partial charge in [0.2, 0.25) is 5.91 Å². The van der Waals surface area contributed by atoms with Gasteiger partial charge in [0.05, 0.1) is 5.56 Å². The highest BCUT2D eigenvalue weighted by atomic mass is 19.4. The maximum absolute atomic E-state index is 12.7. The second kappa shape index (κ2) is 6.69. The molecule has 0 atom stereocenters. The molecule has 2 aromatic rings. The van der Waals surface area contributed by atoms with Gasteiger partial charge in [0, 0.05) is 13.1 Å². The molecule has 1 N–H and O–H groups in total. The predicted octanol–water partition coefficient (Wildman–Crippen LogP) is 4.19. The van der Waals surface area contributed by atoms with Gasteiger partial charge in [-0.25, -0.2) is 0 Å². The summed E-state index contributed by atoms with van der Waals surface area (Å²) in [5.41, 5.74) is 2.15. The number of aryl methyl sites for hydroxylation is 1. The zero-order valence-corrected chi connectivity index (χ0v) is 12.7. The van der Waals surface area contributed by atoms with Crippen molar-refractivity contribution in [1.82, 2.24) is 5.32 Å². The Morgan fingerprint density at radius 3 is 2.17 bits per heavy atom. The van der Waals surface area contributed by atoms with Gasteiger partial charge in [-0.2, -0.15) is 13.2 Å². The summed E-state index contributed by atoms with van der Waals surface area (Å²) in [6, 6.07) is 12.2. The van der Waals surface area contributed by atoms with Crippen LogP contribution in [0.15, 0.2) is 54.6 Å². The lowest BCUT2D eigenvalue weighted by Gasteiger charge is -2.13. The number of nitrogens with one attached hydrogen (secondary N) is 1. The molecule has 1 amide bonds. The van der Waals surface area contributed by atoms with Crippen LogP contribution >= 0.6 is 0 Å². The Bertz CT molecular complexity index is 731. The largest absolute Gasteiger partial charge is 0.416 e. The van der Waals surface area contributed by atoms with E-state index in [9.17, 15) is 18.0 Å². The molecular weight excluding hydrogens is 303 g/mol. The Morgan fingerprint density at radius 1 is 1.04 bits per heavy atom. The first-order valence-electron chi connectivity index (χ1n) is 7.00. The number of hydrogen-bond acceptors (Lipinski definition) is 1. The SMILES string of the molecule is CNC(=O)C=C(c1ccc(C(F)(F)F)cc1)c1ccccc1C. The molecule has 0 saturated carbocycles. The molecule has 0 aliphatic heterocycles. The average molecular weight is 319 g/mol. The second-order valence-corrected chi connectivity index (χ2v) is 5.06. The smallest absolute Gasteiger partial charge is 0.356 e. The number of alkyl halides is 3. The third-order valence-corrected chi connectivity index (χ3v) is 3.48. The number of carbonyl (C=O) groups excluding carboxylic acids is 1. The van der Waals surface area contributed by atoms with Crippen molar-refractivity contribution in [2.45, 2.75) is 13.1 Å². The van der Waals surface area contributed by atoms with E-state index in [2.05, 4.69) is 5.32 Å². The first-order chi connectivity index (χ1) is 10.8. The van der Waals surface area contributed by atoms with Crippen LogP contribution in [0.3, 0.4) is 0 Å². The number of hydrogen-bond donors (Lipinski definition) is 1. The molecule has 23 heavy (non-hydrogen) atoms. The lowest BCUT2D eigenvalue weighted by molar-refractivity contribution is -0.137. The van der Waals surface area contributed by atoms with E-state index < -0.39 is 11.7 Å². The van der Waals surface area contributed by atoms with Crippen LogP contribution in [-0.4, -0.2) is 13.0 Å². The standard InChI is InChI=1S/C18H16F3NO/c1-12-5-3-4-6-15(12)16(11-17(23)22-2)13-7-9-14(10-8-13)18(19,20)21/h3-11H,1-2H3,(H,22,23). The highest BCUT2D eigenvalue weighted by Gasteiger charge is 2.30. The second-order valence-electron chi connectivity index (χ2n) is 5.06. The molecule has 0 aliphatic carbocycles. The van der Waals surface area contributed by atoms with Crippen LogP contribution in [-0.2, 0) is 11.0 Å². The monoisotopic (exact) mass is 319 g/mol. The summed E-state index contributed by atoms with van der Waals surface area (Å²) >= 11 is 0. The highest BCUT2D eigenvalue weighted by molar-refractivity contribution is 5.99. The van der Waals surface area contributed by atoms with E-state index in [0.717, 1.165) is 23.3 Å². The van der Waals surface area contributed by atoms with Crippen molar-refractivity contribution in [3.05, 3.63) is 76.9 Å². The molecule has 0 spiro atoms. The van der Waals surface area contributed by atoms with E-state index in [-0.39, 0.29) is 5.91 Å². The lowest BCUT2D eigenvalue weighted by Crippen LogP contribution is -2.15. The van der Waals surface area contributed by atoms with Gasteiger partial charge in [-0.3, -0.25) is 4.79 Å². The summed E-state index contributed by atoms with van der Waals surface area (Å²) in [4.78, 5) is 11.7. The minimum atomic E-state index is -4.38. The van der Waals surface area contributed by atoms with Crippen molar-refractivity contribution >= 4 is 11.5 Å². The van der Waals surface area contributed by atoms with Gasteiger partial charge in [0.1, 0.15) is 0 Å². The van der Waals surface area contributed by atoms with Crippen LogP contribution < -0.4 is 5.32 Å². The zero-order chi connectivity index (χ0) is 17.0. The lowest BCUT2D eigenvalue weighted by atomic mass is 9.93. The van der Waals surface area contributed by atoms with Crippen molar-refractivity contribution in [3.63, 3.8) is 0 Å². The van der Waals surface area contributed by atoms with Crippen LogP contribution in [0.25, 0.3) is 5.57 Å². The summed E-state index contributed by atoms with van der Waals surface area (Å²) in [6.07, 6.45) is -2.99. The van der Waals surface area contributed by atoms with Crippen molar-refractivity contribution in [2.75, 3.05) is 7.05 Å². The summed E-state index contributed by atoms with van der Waals surface area (Å²) in [6.45, 7) is 1.89. The number of benzene rings is 2. The van der Waals surface area contributed by atoms with E-state index in [1.807, 2.05) is 31.2 Å². The van der Waals surface area contributed by atoms with E-state index in [4.69, 9.17) is 0 Å². The van der Waals surface area contributed by atoms with Crippen molar-refractivity contribution < 1.29 is 18.0 Å². The van der Waals surface area contributed by atoms with Crippen molar-refractivity contribution in [2.24, 2.45) is 0 Å². The molecule has 2 aromatic carbocycles. The fraction of sp³-hybridized carbons (Fsp3) is 0.167. The van der Waals surface area contributed by atoms with Gasteiger partial charge in [-0.15, -0.1) is 0 Å². The highest BCUT2D eigenvalue weighted by Crippen LogP contribution is 2.32. The maximum Gasteiger partial charge on any atom is 0.416 e. The van der Waals surface area contributed by atoms with Gasteiger partial charge in [0.25, 0.3) is 0 Å². The van der Waals surface area contributed by atoms with Crippen molar-refractivity contribution in [3.8, 4) is 0 Å². The van der Waals surface area contributed by atoms with Crippen LogP contribution in [0, 0.1) is 6.92 Å². The Morgan fingerprint density at radius 2 is 1.65 bits per heavy atom. The van der Waals surface area contributed by atoms with Crippen molar-refractivity contribution in [1.29, 1.82) is 0 Å². The Hall–Kier alpha value is -2.56. The molecule has 2 rings (SSSR count). The topological polar surface area (TPSA) is 29.1 Å². The fourth-order valence-electron chi connectivity index (χ4n) is 2.23. The van der Waals surface area contributed by atoms with Gasteiger partial charge < -0.3 is 5.32 Å². The molecule has 0 aromatic heterocycles. The third kappa shape index (κ3) is 4.00. The summed E-state index contributed by atoms with van der Waals surface area (Å²) < 4.78 is 38.1. The van der Waals surface area contributed by atoms with Crippen LogP contribution in [0.2, 0.25) is 0 Å². The molecule has 0 unspecified atom stereocenters. The molecule has 0 saturated heterocycles. The predicted molar refractivity (Wildman–Crippen MR) is 83.8 cm³/mol. The molecular formula is C18H16F3NO. The summed E-state index contributed by atoms with van der Waals surface area (Å²) in [5, 5.41) is 2.49.